The number of anilines is 2. The van der Waals surface area contributed by atoms with E-state index in [1.807, 2.05) is 12.1 Å². The predicted octanol–water partition coefficient (Wildman–Crippen LogP) is 1.59. The molecule has 124 valence electrons. The molecule has 1 aliphatic rings. The molecule has 24 heavy (non-hydrogen) atoms. The molecule has 8 heteroatoms. The van der Waals surface area contributed by atoms with Crippen molar-refractivity contribution in [2.45, 2.75) is 4.90 Å². The Morgan fingerprint density at radius 1 is 1.12 bits per heavy atom. The van der Waals surface area contributed by atoms with Crippen molar-refractivity contribution in [2.24, 2.45) is 0 Å². The summed E-state index contributed by atoms with van der Waals surface area (Å²) < 4.78 is 32.4. The summed E-state index contributed by atoms with van der Waals surface area (Å²) in [5.74, 6) is 0.247. The number of sulfonamides is 1. The average molecular weight is 344 g/mol. The second kappa shape index (κ2) is 6.86. The number of hydrogen-bond donors (Lipinski definition) is 1. The number of morpholine rings is 1. The van der Waals surface area contributed by atoms with Crippen molar-refractivity contribution in [1.82, 2.24) is 4.98 Å². The fourth-order valence-electron chi connectivity index (χ4n) is 2.36. The summed E-state index contributed by atoms with van der Waals surface area (Å²) in [7, 11) is -3.73. The van der Waals surface area contributed by atoms with E-state index in [4.69, 9.17) is 10.00 Å². The normalized spacial score (nSPS) is 14.9. The van der Waals surface area contributed by atoms with Gasteiger partial charge >= 0.3 is 0 Å². The average Bonchev–Trinajstić information content (AvgIpc) is 2.63. The van der Waals surface area contributed by atoms with Gasteiger partial charge in [0.1, 0.15) is 5.82 Å². The van der Waals surface area contributed by atoms with Crippen LogP contribution in [0.1, 0.15) is 5.56 Å². The lowest BCUT2D eigenvalue weighted by molar-refractivity contribution is 0.122. The maximum absolute atomic E-state index is 12.3. The first-order valence-corrected chi connectivity index (χ1v) is 8.88. The summed E-state index contributed by atoms with van der Waals surface area (Å²) in [5, 5.41) is 8.76. The number of nitrogens with zero attached hydrogens (tertiary/aromatic N) is 3. The summed E-state index contributed by atoms with van der Waals surface area (Å²) in [6.45, 7) is 2.93. The van der Waals surface area contributed by atoms with E-state index >= 15 is 0 Å². The van der Waals surface area contributed by atoms with Crippen molar-refractivity contribution < 1.29 is 13.2 Å². The largest absolute Gasteiger partial charge is 0.378 e. The number of aromatic nitrogens is 1. The van der Waals surface area contributed by atoms with Crippen LogP contribution in [0.2, 0.25) is 0 Å². The number of rotatable bonds is 4. The molecule has 2 aromatic rings. The molecule has 0 unspecified atom stereocenters. The zero-order chi connectivity index (χ0) is 17.0. The number of pyridine rings is 1. The SMILES string of the molecule is N#Cc1ccc(S(=O)(=O)Nc2ccc(N3CCOCC3)cn2)cc1. The van der Waals surface area contributed by atoms with Crippen LogP contribution < -0.4 is 9.62 Å². The fraction of sp³-hybridized carbons (Fsp3) is 0.250. The van der Waals surface area contributed by atoms with Crippen LogP contribution >= 0.6 is 0 Å². The monoisotopic (exact) mass is 344 g/mol. The topological polar surface area (TPSA) is 95.3 Å². The Bertz CT molecular complexity index is 836. The van der Waals surface area contributed by atoms with Crippen LogP contribution in [0.4, 0.5) is 11.5 Å². The predicted molar refractivity (Wildman–Crippen MR) is 89.2 cm³/mol. The van der Waals surface area contributed by atoms with Gasteiger partial charge in [-0.2, -0.15) is 5.26 Å². The first-order valence-electron chi connectivity index (χ1n) is 7.40. The van der Waals surface area contributed by atoms with E-state index in [0.717, 1.165) is 18.8 Å². The van der Waals surface area contributed by atoms with Gasteiger partial charge in [0.2, 0.25) is 0 Å². The number of ether oxygens (including phenoxy) is 1. The van der Waals surface area contributed by atoms with Gasteiger partial charge < -0.3 is 9.64 Å². The third-order valence-corrected chi connectivity index (χ3v) is 5.03. The summed E-state index contributed by atoms with van der Waals surface area (Å²) in [4.78, 5) is 6.39. The maximum atomic E-state index is 12.3. The summed E-state index contributed by atoms with van der Waals surface area (Å²) >= 11 is 0. The number of hydrogen-bond acceptors (Lipinski definition) is 6. The van der Waals surface area contributed by atoms with E-state index in [1.165, 1.54) is 24.3 Å². The molecule has 2 heterocycles. The first kappa shape index (κ1) is 16.2. The molecule has 0 spiro atoms. The van der Waals surface area contributed by atoms with E-state index in [1.54, 1.807) is 12.3 Å². The van der Waals surface area contributed by atoms with Crippen molar-refractivity contribution in [3.05, 3.63) is 48.2 Å². The van der Waals surface area contributed by atoms with E-state index in [0.29, 0.717) is 18.8 Å². The van der Waals surface area contributed by atoms with Crippen LogP contribution in [0.15, 0.2) is 47.5 Å². The Morgan fingerprint density at radius 3 is 2.42 bits per heavy atom. The highest BCUT2D eigenvalue weighted by Gasteiger charge is 2.16. The van der Waals surface area contributed by atoms with Gasteiger partial charge in [-0.15, -0.1) is 0 Å². The van der Waals surface area contributed by atoms with Crippen LogP contribution in [0, 0.1) is 11.3 Å². The second-order valence-corrected chi connectivity index (χ2v) is 6.93. The lowest BCUT2D eigenvalue weighted by atomic mass is 10.2. The molecule has 1 aromatic carbocycles. The van der Waals surface area contributed by atoms with Crippen LogP contribution in [-0.4, -0.2) is 39.7 Å². The van der Waals surface area contributed by atoms with Crippen LogP contribution in [-0.2, 0) is 14.8 Å². The third-order valence-electron chi connectivity index (χ3n) is 3.66. The van der Waals surface area contributed by atoms with Crippen molar-refractivity contribution in [1.29, 1.82) is 5.26 Å². The number of nitrogens with one attached hydrogen (secondary N) is 1. The quantitative estimate of drug-likeness (QED) is 0.905. The minimum absolute atomic E-state index is 0.0838. The van der Waals surface area contributed by atoms with Crippen molar-refractivity contribution in [3.63, 3.8) is 0 Å². The van der Waals surface area contributed by atoms with Crippen LogP contribution in [0.3, 0.4) is 0 Å². The smallest absolute Gasteiger partial charge is 0.263 e. The van der Waals surface area contributed by atoms with Crippen molar-refractivity contribution >= 4 is 21.5 Å². The van der Waals surface area contributed by atoms with Gasteiger partial charge in [0, 0.05) is 13.1 Å². The highest BCUT2D eigenvalue weighted by Crippen LogP contribution is 2.19. The maximum Gasteiger partial charge on any atom is 0.263 e. The van der Waals surface area contributed by atoms with Gasteiger partial charge in [0.25, 0.3) is 10.0 Å². The van der Waals surface area contributed by atoms with Gasteiger partial charge in [0.15, 0.2) is 0 Å². The molecule has 0 saturated carbocycles. The lowest BCUT2D eigenvalue weighted by Crippen LogP contribution is -2.36. The highest BCUT2D eigenvalue weighted by atomic mass is 32.2. The Balaban J connectivity index is 1.73. The van der Waals surface area contributed by atoms with E-state index in [-0.39, 0.29) is 10.7 Å². The summed E-state index contributed by atoms with van der Waals surface area (Å²) in [6, 6.07) is 11.1. The molecule has 0 bridgehead atoms. The number of benzene rings is 1. The zero-order valence-corrected chi connectivity index (χ0v) is 13.7. The molecule has 1 aliphatic heterocycles. The van der Waals surface area contributed by atoms with Gasteiger partial charge in [-0.05, 0) is 36.4 Å². The summed E-state index contributed by atoms with van der Waals surface area (Å²) in [5.41, 5.74) is 1.33. The Labute approximate surface area is 140 Å². The Hall–Kier alpha value is -2.63. The molecular weight excluding hydrogens is 328 g/mol. The van der Waals surface area contributed by atoms with Gasteiger partial charge in [-0.1, -0.05) is 0 Å². The molecule has 1 N–H and O–H groups in total. The molecule has 0 amide bonds. The first-order chi connectivity index (χ1) is 11.6. The lowest BCUT2D eigenvalue weighted by Gasteiger charge is -2.28. The molecular formula is C16H16N4O3S. The van der Waals surface area contributed by atoms with Gasteiger partial charge in [-0.3, -0.25) is 4.72 Å². The van der Waals surface area contributed by atoms with Crippen LogP contribution in [0.5, 0.6) is 0 Å². The van der Waals surface area contributed by atoms with Gasteiger partial charge in [0.05, 0.1) is 41.6 Å². The van der Waals surface area contributed by atoms with E-state index in [2.05, 4.69) is 14.6 Å². The van der Waals surface area contributed by atoms with Crippen molar-refractivity contribution in [3.8, 4) is 6.07 Å². The highest BCUT2D eigenvalue weighted by molar-refractivity contribution is 7.92. The molecule has 0 radical (unpaired) electrons. The van der Waals surface area contributed by atoms with E-state index < -0.39 is 10.0 Å². The molecule has 0 atom stereocenters. The molecule has 1 fully saturated rings. The molecule has 1 saturated heterocycles. The second-order valence-electron chi connectivity index (χ2n) is 5.24. The molecule has 1 aromatic heterocycles. The molecule has 3 rings (SSSR count). The summed E-state index contributed by atoms with van der Waals surface area (Å²) in [6.07, 6.45) is 1.64. The van der Waals surface area contributed by atoms with Crippen LogP contribution in [0.25, 0.3) is 0 Å². The van der Waals surface area contributed by atoms with Gasteiger partial charge in [-0.25, -0.2) is 13.4 Å². The number of nitriles is 1. The standard InChI is InChI=1S/C16H16N4O3S/c17-11-13-1-4-15(5-2-13)24(21,22)19-16-6-3-14(12-18-16)20-7-9-23-10-8-20/h1-6,12H,7-10H2,(H,18,19). The minimum Gasteiger partial charge on any atom is -0.378 e. The molecule has 7 nitrogen and oxygen atoms in total. The minimum atomic E-state index is -3.73. The Morgan fingerprint density at radius 2 is 1.83 bits per heavy atom. The zero-order valence-electron chi connectivity index (χ0n) is 12.8. The fourth-order valence-corrected chi connectivity index (χ4v) is 3.37. The Kier molecular flexibility index (Phi) is 4.64. The third kappa shape index (κ3) is 3.64. The van der Waals surface area contributed by atoms with E-state index in [9.17, 15) is 8.42 Å². The molecule has 0 aliphatic carbocycles. The van der Waals surface area contributed by atoms with Crippen molar-refractivity contribution in [2.75, 3.05) is 35.9 Å².